The van der Waals surface area contributed by atoms with Gasteiger partial charge in [-0.2, -0.15) is 0 Å². The summed E-state index contributed by atoms with van der Waals surface area (Å²) in [5.41, 5.74) is 6.90. The molecule has 1 fully saturated rings. The fraction of sp³-hybridized carbons (Fsp3) is 0.333. The Labute approximate surface area is 158 Å². The van der Waals surface area contributed by atoms with Gasteiger partial charge < -0.3 is 14.5 Å². The molecule has 1 atom stereocenters. The molecule has 27 heavy (non-hydrogen) atoms. The SMILES string of the molecule is Cc1ccccc1CC1OC(=O)c2cc(NOC(=O)N3CCCC3)ccc21. The Morgan fingerprint density at radius 3 is 2.78 bits per heavy atom. The van der Waals surface area contributed by atoms with E-state index in [1.807, 2.05) is 18.2 Å². The molecule has 1 unspecified atom stereocenters. The molecule has 1 amide bonds. The first-order valence-corrected chi connectivity index (χ1v) is 9.23. The van der Waals surface area contributed by atoms with Crippen LogP contribution in [0.2, 0.25) is 0 Å². The van der Waals surface area contributed by atoms with Crippen molar-refractivity contribution in [2.24, 2.45) is 0 Å². The number of cyclic esters (lactones) is 1. The van der Waals surface area contributed by atoms with Crippen LogP contribution in [0.15, 0.2) is 42.5 Å². The molecule has 2 heterocycles. The molecular formula is C21H22N2O4. The van der Waals surface area contributed by atoms with Crippen molar-refractivity contribution in [3.05, 3.63) is 64.7 Å². The van der Waals surface area contributed by atoms with Gasteiger partial charge in [0.1, 0.15) is 6.10 Å². The zero-order valence-corrected chi connectivity index (χ0v) is 15.2. The molecule has 1 saturated heterocycles. The van der Waals surface area contributed by atoms with Crippen LogP contribution in [0.4, 0.5) is 10.5 Å². The smallest absolute Gasteiger partial charge is 0.434 e. The van der Waals surface area contributed by atoms with Gasteiger partial charge in [-0.05, 0) is 43.0 Å². The number of ether oxygens (including phenoxy) is 1. The molecule has 0 bridgehead atoms. The fourth-order valence-electron chi connectivity index (χ4n) is 3.59. The highest BCUT2D eigenvalue weighted by Gasteiger charge is 2.31. The summed E-state index contributed by atoms with van der Waals surface area (Å²) in [6.07, 6.45) is 1.95. The second kappa shape index (κ2) is 7.31. The van der Waals surface area contributed by atoms with Crippen molar-refractivity contribution in [2.75, 3.05) is 18.6 Å². The maximum Gasteiger partial charge on any atom is 0.434 e. The summed E-state index contributed by atoms with van der Waals surface area (Å²) >= 11 is 0. The number of nitrogens with zero attached hydrogens (tertiary/aromatic N) is 1. The van der Waals surface area contributed by atoms with Crippen LogP contribution >= 0.6 is 0 Å². The van der Waals surface area contributed by atoms with Gasteiger partial charge in [0.2, 0.25) is 0 Å². The van der Waals surface area contributed by atoms with Crippen LogP contribution in [0, 0.1) is 6.92 Å². The number of rotatable bonds is 4. The maximum absolute atomic E-state index is 12.3. The third kappa shape index (κ3) is 3.60. The van der Waals surface area contributed by atoms with Crippen molar-refractivity contribution in [2.45, 2.75) is 32.3 Å². The number of amides is 1. The lowest BCUT2D eigenvalue weighted by Gasteiger charge is -2.15. The molecule has 0 saturated carbocycles. The third-order valence-electron chi connectivity index (χ3n) is 5.16. The summed E-state index contributed by atoms with van der Waals surface area (Å²) in [4.78, 5) is 31.0. The van der Waals surface area contributed by atoms with Crippen molar-refractivity contribution >= 4 is 17.7 Å². The zero-order valence-electron chi connectivity index (χ0n) is 15.2. The van der Waals surface area contributed by atoms with Crippen molar-refractivity contribution in [3.63, 3.8) is 0 Å². The largest absolute Gasteiger partial charge is 0.454 e. The lowest BCUT2D eigenvalue weighted by atomic mass is 9.97. The number of likely N-dealkylation sites (tertiary alicyclic amines) is 1. The standard InChI is InChI=1S/C21H22N2O4/c1-14-6-2-3-7-15(14)12-19-17-9-8-16(13-18(17)20(24)26-19)22-27-21(25)23-10-4-5-11-23/h2-3,6-9,13,19,22H,4-5,10-12H2,1H3. The van der Waals surface area contributed by atoms with Crippen LogP contribution in [-0.4, -0.2) is 30.1 Å². The number of hydrogen-bond acceptors (Lipinski definition) is 5. The van der Waals surface area contributed by atoms with E-state index >= 15 is 0 Å². The summed E-state index contributed by atoms with van der Waals surface area (Å²) in [6, 6.07) is 13.4. The van der Waals surface area contributed by atoms with E-state index in [4.69, 9.17) is 9.57 Å². The molecule has 140 valence electrons. The molecule has 6 heteroatoms. The van der Waals surface area contributed by atoms with E-state index in [0.717, 1.165) is 37.1 Å². The minimum atomic E-state index is -0.395. The number of aryl methyl sites for hydroxylation is 1. The van der Waals surface area contributed by atoms with E-state index in [1.54, 1.807) is 17.0 Å². The van der Waals surface area contributed by atoms with Gasteiger partial charge in [0.05, 0.1) is 11.3 Å². The van der Waals surface area contributed by atoms with Gasteiger partial charge >= 0.3 is 12.1 Å². The number of hydrogen-bond donors (Lipinski definition) is 1. The summed E-state index contributed by atoms with van der Waals surface area (Å²) in [5, 5.41) is 0. The highest BCUT2D eigenvalue weighted by molar-refractivity contribution is 5.95. The number of benzene rings is 2. The predicted octanol–water partition coefficient (Wildman–Crippen LogP) is 4.01. The minimum absolute atomic E-state index is 0.296. The topological polar surface area (TPSA) is 67.9 Å². The van der Waals surface area contributed by atoms with Crippen LogP contribution in [0.25, 0.3) is 0 Å². The van der Waals surface area contributed by atoms with Gasteiger partial charge in [-0.25, -0.2) is 15.1 Å². The van der Waals surface area contributed by atoms with Crippen LogP contribution in [0.5, 0.6) is 0 Å². The molecule has 4 rings (SSSR count). The molecule has 2 aliphatic heterocycles. The molecule has 2 aliphatic rings. The Bertz CT molecular complexity index is 874. The lowest BCUT2D eigenvalue weighted by Crippen LogP contribution is -2.30. The normalized spacial score (nSPS) is 18.2. The lowest BCUT2D eigenvalue weighted by molar-refractivity contribution is 0.0386. The number of carbonyl (C=O) groups is 2. The molecule has 0 radical (unpaired) electrons. The first kappa shape index (κ1) is 17.4. The van der Waals surface area contributed by atoms with Crippen molar-refractivity contribution in [1.29, 1.82) is 0 Å². The number of fused-ring (bicyclic) bond motifs is 1. The molecule has 2 aromatic rings. The Morgan fingerprint density at radius 2 is 2.00 bits per heavy atom. The van der Waals surface area contributed by atoms with E-state index in [2.05, 4.69) is 24.5 Å². The van der Waals surface area contributed by atoms with Crippen LogP contribution in [0.1, 0.15) is 46.0 Å². The van der Waals surface area contributed by atoms with Gasteiger partial charge in [0.15, 0.2) is 0 Å². The first-order valence-electron chi connectivity index (χ1n) is 9.23. The maximum atomic E-state index is 12.3. The molecule has 6 nitrogen and oxygen atoms in total. The summed E-state index contributed by atoms with van der Waals surface area (Å²) < 4.78 is 5.57. The van der Waals surface area contributed by atoms with Gasteiger partial charge in [0.25, 0.3) is 0 Å². The molecular weight excluding hydrogens is 344 g/mol. The molecule has 2 aromatic carbocycles. The van der Waals surface area contributed by atoms with Gasteiger partial charge in [0, 0.05) is 25.1 Å². The second-order valence-corrected chi connectivity index (χ2v) is 6.99. The average molecular weight is 366 g/mol. The van der Waals surface area contributed by atoms with Crippen LogP contribution < -0.4 is 5.48 Å². The average Bonchev–Trinajstić information content (AvgIpc) is 3.31. The van der Waals surface area contributed by atoms with E-state index in [1.165, 1.54) is 5.56 Å². The van der Waals surface area contributed by atoms with Crippen molar-refractivity contribution in [3.8, 4) is 0 Å². The fourth-order valence-corrected chi connectivity index (χ4v) is 3.59. The zero-order chi connectivity index (χ0) is 18.8. The van der Waals surface area contributed by atoms with Gasteiger partial charge in [-0.1, -0.05) is 30.3 Å². The summed E-state index contributed by atoms with van der Waals surface area (Å²) in [7, 11) is 0. The number of nitrogens with one attached hydrogen (secondary N) is 1. The van der Waals surface area contributed by atoms with Crippen LogP contribution in [0.3, 0.4) is 0 Å². The highest BCUT2D eigenvalue weighted by Crippen LogP contribution is 2.35. The molecule has 0 aromatic heterocycles. The quantitative estimate of drug-likeness (QED) is 0.654. The molecule has 1 N–H and O–H groups in total. The number of anilines is 1. The van der Waals surface area contributed by atoms with Crippen LogP contribution in [-0.2, 0) is 16.0 Å². The Balaban J connectivity index is 1.45. The number of esters is 1. The monoisotopic (exact) mass is 366 g/mol. The van der Waals surface area contributed by atoms with E-state index < -0.39 is 6.09 Å². The second-order valence-electron chi connectivity index (χ2n) is 6.99. The predicted molar refractivity (Wildman–Crippen MR) is 100 cm³/mol. The summed E-state index contributed by atoms with van der Waals surface area (Å²) in [6.45, 7) is 3.49. The van der Waals surface area contributed by atoms with Crippen molar-refractivity contribution in [1.82, 2.24) is 4.90 Å². The highest BCUT2D eigenvalue weighted by atomic mass is 16.7. The molecule has 0 spiro atoms. The summed E-state index contributed by atoms with van der Waals surface area (Å²) in [5.74, 6) is -0.349. The van der Waals surface area contributed by atoms with E-state index in [9.17, 15) is 9.59 Å². The Kier molecular flexibility index (Phi) is 4.71. The van der Waals surface area contributed by atoms with Gasteiger partial charge in [-0.3, -0.25) is 0 Å². The van der Waals surface area contributed by atoms with E-state index in [-0.39, 0.29) is 12.1 Å². The van der Waals surface area contributed by atoms with Crippen molar-refractivity contribution < 1.29 is 19.2 Å². The molecule has 0 aliphatic carbocycles. The Hall–Kier alpha value is -3.02. The van der Waals surface area contributed by atoms with Gasteiger partial charge in [-0.15, -0.1) is 0 Å². The Morgan fingerprint density at radius 1 is 1.22 bits per heavy atom. The third-order valence-corrected chi connectivity index (χ3v) is 5.16. The minimum Gasteiger partial charge on any atom is -0.454 e. The van der Waals surface area contributed by atoms with E-state index in [0.29, 0.717) is 17.7 Å². The first-order chi connectivity index (χ1) is 13.1. The number of carbonyl (C=O) groups excluding carboxylic acids is 2.